The van der Waals surface area contributed by atoms with Crippen LogP contribution < -0.4 is 5.32 Å². The molecular weight excluding hydrogens is 238 g/mol. The molecule has 0 aromatic carbocycles. The van der Waals surface area contributed by atoms with Crippen LogP contribution in [-0.2, 0) is 10.0 Å². The van der Waals surface area contributed by atoms with E-state index in [2.05, 4.69) is 5.32 Å². The lowest BCUT2D eigenvalue weighted by molar-refractivity contribution is -0.0408. The average Bonchev–Trinajstić information content (AvgIpc) is 2.15. The Balaban J connectivity index is 2.11. The highest BCUT2D eigenvalue weighted by Gasteiger charge is 2.42. The van der Waals surface area contributed by atoms with E-state index >= 15 is 0 Å². The van der Waals surface area contributed by atoms with Crippen LogP contribution in [0.15, 0.2) is 0 Å². The van der Waals surface area contributed by atoms with Crippen molar-refractivity contribution in [3.8, 4) is 0 Å². The van der Waals surface area contributed by atoms with Crippen LogP contribution in [0.25, 0.3) is 0 Å². The summed E-state index contributed by atoms with van der Waals surface area (Å²) in [6.45, 7) is 0.358. The van der Waals surface area contributed by atoms with Crippen molar-refractivity contribution in [1.82, 2.24) is 9.62 Å². The summed E-state index contributed by atoms with van der Waals surface area (Å²) in [4.78, 5) is 0. The molecule has 0 unspecified atom stereocenters. The van der Waals surface area contributed by atoms with Gasteiger partial charge in [-0.1, -0.05) is 0 Å². The van der Waals surface area contributed by atoms with Gasteiger partial charge in [-0.25, -0.2) is 17.2 Å². The zero-order chi connectivity index (χ0) is 11.8. The Morgan fingerprint density at radius 1 is 1.31 bits per heavy atom. The van der Waals surface area contributed by atoms with E-state index in [-0.39, 0.29) is 18.7 Å². The molecule has 1 atom stereocenters. The third-order valence-corrected chi connectivity index (χ3v) is 5.09. The minimum Gasteiger partial charge on any atom is -0.310 e. The third kappa shape index (κ3) is 2.52. The number of sulfonamides is 1. The Hall–Kier alpha value is -0.270. The molecule has 2 fully saturated rings. The van der Waals surface area contributed by atoms with Gasteiger partial charge in [0, 0.05) is 25.6 Å². The largest absolute Gasteiger partial charge is 0.310 e. The Kier molecular flexibility index (Phi) is 3.20. The summed E-state index contributed by atoms with van der Waals surface area (Å²) in [7, 11) is -3.31. The lowest BCUT2D eigenvalue weighted by Crippen LogP contribution is -2.56. The molecule has 0 aromatic rings. The van der Waals surface area contributed by atoms with Gasteiger partial charge in [0.2, 0.25) is 10.0 Å². The van der Waals surface area contributed by atoms with Crippen LogP contribution in [-0.4, -0.2) is 50.1 Å². The molecule has 0 amide bonds. The molecule has 4 nitrogen and oxygen atoms in total. The molecule has 0 radical (unpaired) electrons. The van der Waals surface area contributed by atoms with E-state index in [0.29, 0.717) is 19.5 Å². The molecule has 0 bridgehead atoms. The molecule has 16 heavy (non-hydrogen) atoms. The van der Waals surface area contributed by atoms with E-state index in [4.69, 9.17) is 0 Å². The van der Waals surface area contributed by atoms with Gasteiger partial charge < -0.3 is 5.32 Å². The standard InChI is InChI=1S/C9H16F2N2O2S/c10-9(11)5-8(6-12-7-9)13-3-1-2-4-16(13,14)15/h8,12H,1-7H2/t8-/m1/s1. The Labute approximate surface area is 94.0 Å². The number of alkyl halides is 2. The highest BCUT2D eigenvalue weighted by molar-refractivity contribution is 7.89. The zero-order valence-electron chi connectivity index (χ0n) is 8.95. The lowest BCUT2D eigenvalue weighted by Gasteiger charge is -2.38. The maximum Gasteiger partial charge on any atom is 0.261 e. The molecular formula is C9H16F2N2O2S. The predicted octanol–water partition coefficient (Wildman–Crippen LogP) is 0.409. The molecule has 0 aliphatic carbocycles. The molecule has 1 N–H and O–H groups in total. The van der Waals surface area contributed by atoms with Crippen molar-refractivity contribution >= 4 is 10.0 Å². The van der Waals surface area contributed by atoms with Crippen LogP contribution >= 0.6 is 0 Å². The monoisotopic (exact) mass is 254 g/mol. The van der Waals surface area contributed by atoms with Gasteiger partial charge in [0.15, 0.2) is 0 Å². The van der Waals surface area contributed by atoms with Crippen LogP contribution in [0.3, 0.4) is 0 Å². The smallest absolute Gasteiger partial charge is 0.261 e. The maximum absolute atomic E-state index is 13.2. The van der Waals surface area contributed by atoms with Gasteiger partial charge in [-0.2, -0.15) is 4.31 Å². The second kappa shape index (κ2) is 4.19. The van der Waals surface area contributed by atoms with Crippen LogP contribution in [0.4, 0.5) is 8.78 Å². The molecule has 0 spiro atoms. The second-order valence-corrected chi connectivity index (χ2v) is 6.52. The molecule has 2 saturated heterocycles. The Morgan fingerprint density at radius 3 is 2.69 bits per heavy atom. The van der Waals surface area contributed by atoms with Crippen molar-refractivity contribution in [2.24, 2.45) is 0 Å². The van der Waals surface area contributed by atoms with Crippen molar-refractivity contribution < 1.29 is 17.2 Å². The average molecular weight is 254 g/mol. The summed E-state index contributed by atoms with van der Waals surface area (Å²) >= 11 is 0. The number of halogens is 2. The highest BCUT2D eigenvalue weighted by Crippen LogP contribution is 2.28. The summed E-state index contributed by atoms with van der Waals surface area (Å²) in [5.74, 6) is -2.70. The van der Waals surface area contributed by atoms with Gasteiger partial charge in [0.05, 0.1) is 12.3 Å². The third-order valence-electron chi connectivity index (χ3n) is 3.09. The summed E-state index contributed by atoms with van der Waals surface area (Å²) in [6, 6.07) is -0.589. The van der Waals surface area contributed by atoms with Gasteiger partial charge in [-0.3, -0.25) is 0 Å². The summed E-state index contributed by atoms with van der Waals surface area (Å²) in [5.41, 5.74) is 0. The minimum absolute atomic E-state index is 0.0923. The molecule has 2 rings (SSSR count). The van der Waals surface area contributed by atoms with E-state index < -0.39 is 22.0 Å². The van der Waals surface area contributed by atoms with Crippen LogP contribution in [0.1, 0.15) is 19.3 Å². The topological polar surface area (TPSA) is 49.4 Å². The fourth-order valence-electron chi connectivity index (χ4n) is 2.33. The van der Waals surface area contributed by atoms with Crippen molar-refractivity contribution in [3.05, 3.63) is 0 Å². The van der Waals surface area contributed by atoms with E-state index in [9.17, 15) is 17.2 Å². The Bertz CT molecular complexity index is 359. The van der Waals surface area contributed by atoms with E-state index in [1.54, 1.807) is 0 Å². The molecule has 2 heterocycles. The van der Waals surface area contributed by atoms with E-state index in [0.717, 1.165) is 6.42 Å². The van der Waals surface area contributed by atoms with Gasteiger partial charge in [0.25, 0.3) is 5.92 Å². The summed E-state index contributed by atoms with van der Waals surface area (Å²) in [5, 5.41) is 2.60. The van der Waals surface area contributed by atoms with Crippen molar-refractivity contribution in [3.63, 3.8) is 0 Å². The van der Waals surface area contributed by atoms with Crippen LogP contribution in [0.2, 0.25) is 0 Å². The first-order chi connectivity index (χ1) is 7.41. The van der Waals surface area contributed by atoms with Crippen molar-refractivity contribution in [2.75, 3.05) is 25.4 Å². The van der Waals surface area contributed by atoms with Crippen LogP contribution in [0.5, 0.6) is 0 Å². The highest BCUT2D eigenvalue weighted by atomic mass is 32.2. The second-order valence-electron chi connectivity index (χ2n) is 4.48. The molecule has 0 aromatic heterocycles. The SMILES string of the molecule is O=S1(=O)CCCCN1[C@H]1CNCC(F)(F)C1. The molecule has 0 saturated carbocycles. The van der Waals surface area contributed by atoms with E-state index in [1.807, 2.05) is 0 Å². The number of rotatable bonds is 1. The Morgan fingerprint density at radius 2 is 2.06 bits per heavy atom. The normalized spacial score (nSPS) is 34.8. The maximum atomic E-state index is 13.2. The van der Waals surface area contributed by atoms with Crippen molar-refractivity contribution in [1.29, 1.82) is 0 Å². The predicted molar refractivity (Wildman–Crippen MR) is 55.9 cm³/mol. The number of piperidine rings is 1. The van der Waals surface area contributed by atoms with Gasteiger partial charge >= 0.3 is 0 Å². The number of nitrogens with zero attached hydrogens (tertiary/aromatic N) is 1. The fraction of sp³-hybridized carbons (Fsp3) is 1.00. The van der Waals surface area contributed by atoms with Gasteiger partial charge in [-0.15, -0.1) is 0 Å². The molecule has 2 aliphatic rings. The summed E-state index contributed by atoms with van der Waals surface area (Å²) in [6.07, 6.45) is 1.04. The minimum atomic E-state index is -3.31. The molecule has 7 heteroatoms. The van der Waals surface area contributed by atoms with Crippen molar-refractivity contribution in [2.45, 2.75) is 31.2 Å². The lowest BCUT2D eigenvalue weighted by atomic mass is 10.0. The molecule has 94 valence electrons. The zero-order valence-corrected chi connectivity index (χ0v) is 9.77. The summed E-state index contributed by atoms with van der Waals surface area (Å²) < 4.78 is 51.1. The molecule has 2 aliphatic heterocycles. The number of nitrogens with one attached hydrogen (secondary N) is 1. The number of hydrogen-bond donors (Lipinski definition) is 1. The van der Waals surface area contributed by atoms with E-state index in [1.165, 1.54) is 4.31 Å². The fourth-order valence-corrected chi connectivity index (χ4v) is 4.15. The van der Waals surface area contributed by atoms with Gasteiger partial charge in [-0.05, 0) is 12.8 Å². The van der Waals surface area contributed by atoms with Crippen LogP contribution in [0, 0.1) is 0 Å². The first-order valence-electron chi connectivity index (χ1n) is 5.49. The quantitative estimate of drug-likeness (QED) is 0.737. The first-order valence-corrected chi connectivity index (χ1v) is 7.10. The first kappa shape index (κ1) is 12.2. The number of hydrogen-bond acceptors (Lipinski definition) is 3. The van der Waals surface area contributed by atoms with Gasteiger partial charge in [0.1, 0.15) is 0 Å².